The molecule has 0 aromatic carbocycles. The fourth-order valence-electron chi connectivity index (χ4n) is 2.53. The van der Waals surface area contributed by atoms with E-state index in [1.807, 2.05) is 29.6 Å². The van der Waals surface area contributed by atoms with Gasteiger partial charge in [0.1, 0.15) is 4.88 Å². The maximum atomic E-state index is 12.5. The summed E-state index contributed by atoms with van der Waals surface area (Å²) in [7, 11) is 2.00. The van der Waals surface area contributed by atoms with E-state index in [0.29, 0.717) is 0 Å². The summed E-state index contributed by atoms with van der Waals surface area (Å²) < 4.78 is 0. The van der Waals surface area contributed by atoms with Crippen molar-refractivity contribution in [2.75, 3.05) is 32.9 Å². The van der Waals surface area contributed by atoms with Crippen molar-refractivity contribution in [2.24, 2.45) is 5.92 Å². The second kappa shape index (κ2) is 8.93. The summed E-state index contributed by atoms with van der Waals surface area (Å²) in [5.41, 5.74) is 0. The summed E-state index contributed by atoms with van der Waals surface area (Å²) in [4.78, 5) is 16.5. The van der Waals surface area contributed by atoms with E-state index in [-0.39, 0.29) is 18.3 Å². The average Bonchev–Trinajstić information content (AvgIpc) is 2.93. The molecule has 1 aromatic rings. The van der Waals surface area contributed by atoms with Crippen LogP contribution in [0, 0.1) is 5.92 Å². The van der Waals surface area contributed by atoms with Gasteiger partial charge in [0.25, 0.3) is 5.91 Å². The lowest BCUT2D eigenvalue weighted by Crippen LogP contribution is -2.38. The maximum Gasteiger partial charge on any atom is 0.265 e. The number of nitrogens with one attached hydrogen (secondary N) is 1. The number of thiophene rings is 1. The Morgan fingerprint density at radius 1 is 1.50 bits per heavy atom. The van der Waals surface area contributed by atoms with Gasteiger partial charge in [0.15, 0.2) is 0 Å². The van der Waals surface area contributed by atoms with Gasteiger partial charge in [-0.1, -0.05) is 0 Å². The van der Waals surface area contributed by atoms with E-state index in [2.05, 4.69) is 5.32 Å². The summed E-state index contributed by atoms with van der Waals surface area (Å²) in [6.45, 7) is 2.91. The van der Waals surface area contributed by atoms with Crippen molar-refractivity contribution < 1.29 is 4.79 Å². The van der Waals surface area contributed by atoms with Crippen LogP contribution in [0.1, 0.15) is 28.9 Å². The molecule has 3 nitrogen and oxygen atoms in total. The Morgan fingerprint density at radius 3 is 2.80 bits per heavy atom. The van der Waals surface area contributed by atoms with E-state index < -0.39 is 0 Å². The molecule has 1 N–H and O–H groups in total. The predicted molar refractivity (Wildman–Crippen MR) is 90.5 cm³/mol. The maximum absolute atomic E-state index is 12.5. The standard InChI is InChI=1S/C14H22N2OS2.ClH/c1-15-7-3-11-4-8-16(9-5-11)14(17)13-12(18-2)6-10-19-13;/h6,10-11,15H,3-5,7-9H2,1-2H3;1H. The Morgan fingerprint density at radius 2 is 2.20 bits per heavy atom. The largest absolute Gasteiger partial charge is 0.338 e. The minimum absolute atomic E-state index is 0. The van der Waals surface area contributed by atoms with Crippen LogP contribution in [0.25, 0.3) is 0 Å². The summed E-state index contributed by atoms with van der Waals surface area (Å²) >= 11 is 3.23. The third kappa shape index (κ3) is 4.38. The Kier molecular flexibility index (Phi) is 7.95. The molecule has 2 rings (SSSR count). The van der Waals surface area contributed by atoms with E-state index in [1.54, 1.807) is 23.1 Å². The van der Waals surface area contributed by atoms with Gasteiger partial charge in [-0.3, -0.25) is 4.79 Å². The molecule has 0 atom stereocenters. The van der Waals surface area contributed by atoms with Gasteiger partial charge in [0.2, 0.25) is 0 Å². The molecule has 1 aromatic heterocycles. The highest BCUT2D eigenvalue weighted by molar-refractivity contribution is 7.98. The highest BCUT2D eigenvalue weighted by Gasteiger charge is 2.25. The quantitative estimate of drug-likeness (QED) is 0.838. The van der Waals surface area contributed by atoms with E-state index >= 15 is 0 Å². The molecule has 0 radical (unpaired) electrons. The molecule has 0 saturated carbocycles. The number of piperidine rings is 1. The van der Waals surface area contributed by atoms with Crippen LogP contribution in [-0.2, 0) is 0 Å². The second-order valence-corrected chi connectivity index (χ2v) is 6.71. The molecule has 1 fully saturated rings. The monoisotopic (exact) mass is 334 g/mol. The number of rotatable bonds is 5. The molecular weight excluding hydrogens is 312 g/mol. The highest BCUT2D eigenvalue weighted by atomic mass is 35.5. The van der Waals surface area contributed by atoms with Crippen molar-refractivity contribution in [3.63, 3.8) is 0 Å². The van der Waals surface area contributed by atoms with Crippen LogP contribution >= 0.6 is 35.5 Å². The number of nitrogens with zero attached hydrogens (tertiary/aromatic N) is 1. The molecule has 1 aliphatic heterocycles. The van der Waals surface area contributed by atoms with Gasteiger partial charge < -0.3 is 10.2 Å². The number of carbonyl (C=O) groups excluding carboxylic acids is 1. The molecule has 1 aliphatic rings. The van der Waals surface area contributed by atoms with Crippen molar-refractivity contribution in [1.29, 1.82) is 0 Å². The molecule has 0 spiro atoms. The number of likely N-dealkylation sites (tertiary alicyclic amines) is 1. The smallest absolute Gasteiger partial charge is 0.265 e. The lowest BCUT2D eigenvalue weighted by molar-refractivity contribution is 0.0689. The Balaban J connectivity index is 0.00000200. The van der Waals surface area contributed by atoms with Gasteiger partial charge in [0.05, 0.1) is 0 Å². The third-order valence-electron chi connectivity index (χ3n) is 3.75. The van der Waals surface area contributed by atoms with Gasteiger partial charge >= 0.3 is 0 Å². The molecule has 0 unspecified atom stereocenters. The molecule has 1 amide bonds. The zero-order chi connectivity index (χ0) is 13.7. The summed E-state index contributed by atoms with van der Waals surface area (Å²) in [5.74, 6) is 1.01. The number of halogens is 1. The normalized spacial score (nSPS) is 16.0. The molecule has 2 heterocycles. The molecule has 114 valence electrons. The van der Waals surface area contributed by atoms with Crippen LogP contribution in [0.2, 0.25) is 0 Å². The van der Waals surface area contributed by atoms with Crippen LogP contribution in [0.4, 0.5) is 0 Å². The van der Waals surface area contributed by atoms with Gasteiger partial charge in [-0.15, -0.1) is 35.5 Å². The Bertz CT molecular complexity index is 417. The lowest BCUT2D eigenvalue weighted by Gasteiger charge is -2.32. The van der Waals surface area contributed by atoms with Crippen molar-refractivity contribution in [3.8, 4) is 0 Å². The number of hydrogen-bond acceptors (Lipinski definition) is 4. The van der Waals surface area contributed by atoms with Crippen LogP contribution < -0.4 is 5.32 Å². The van der Waals surface area contributed by atoms with Gasteiger partial charge in [-0.2, -0.15) is 0 Å². The van der Waals surface area contributed by atoms with Crippen molar-refractivity contribution in [1.82, 2.24) is 10.2 Å². The van der Waals surface area contributed by atoms with Gasteiger partial charge in [-0.25, -0.2) is 0 Å². The zero-order valence-electron chi connectivity index (χ0n) is 12.1. The first-order chi connectivity index (χ1) is 9.26. The fourth-order valence-corrected chi connectivity index (χ4v) is 4.24. The lowest BCUT2D eigenvalue weighted by atomic mass is 9.93. The first-order valence-corrected chi connectivity index (χ1v) is 8.92. The molecular formula is C14H23ClN2OS2. The molecule has 6 heteroatoms. The van der Waals surface area contributed by atoms with Crippen molar-refractivity contribution in [3.05, 3.63) is 16.3 Å². The van der Waals surface area contributed by atoms with Crippen LogP contribution in [0.3, 0.4) is 0 Å². The minimum atomic E-state index is 0. The topological polar surface area (TPSA) is 32.3 Å². The number of carbonyl (C=O) groups is 1. The summed E-state index contributed by atoms with van der Waals surface area (Å²) in [6, 6.07) is 2.04. The van der Waals surface area contributed by atoms with E-state index in [0.717, 1.165) is 48.2 Å². The second-order valence-electron chi connectivity index (χ2n) is 4.95. The highest BCUT2D eigenvalue weighted by Crippen LogP contribution is 2.29. The first kappa shape index (κ1) is 17.8. The Hall–Kier alpha value is -0.230. The zero-order valence-corrected chi connectivity index (χ0v) is 14.5. The van der Waals surface area contributed by atoms with Gasteiger partial charge in [0, 0.05) is 18.0 Å². The van der Waals surface area contributed by atoms with Crippen molar-refractivity contribution >= 4 is 41.4 Å². The van der Waals surface area contributed by atoms with Crippen LogP contribution in [-0.4, -0.2) is 43.7 Å². The summed E-state index contributed by atoms with van der Waals surface area (Å²) in [6.07, 6.45) is 5.55. The number of hydrogen-bond donors (Lipinski definition) is 1. The van der Waals surface area contributed by atoms with Crippen molar-refractivity contribution in [2.45, 2.75) is 24.2 Å². The number of amides is 1. The molecule has 1 saturated heterocycles. The molecule has 0 bridgehead atoms. The first-order valence-electron chi connectivity index (χ1n) is 6.81. The van der Waals surface area contributed by atoms with Gasteiger partial charge in [-0.05, 0) is 56.5 Å². The third-order valence-corrected chi connectivity index (χ3v) is 5.56. The van der Waals surface area contributed by atoms with E-state index in [1.165, 1.54) is 6.42 Å². The average molecular weight is 335 g/mol. The van der Waals surface area contributed by atoms with E-state index in [4.69, 9.17) is 0 Å². The summed E-state index contributed by atoms with van der Waals surface area (Å²) in [5, 5.41) is 5.22. The fraction of sp³-hybridized carbons (Fsp3) is 0.643. The van der Waals surface area contributed by atoms with E-state index in [9.17, 15) is 4.79 Å². The minimum Gasteiger partial charge on any atom is -0.338 e. The van der Waals surface area contributed by atoms with Crippen LogP contribution in [0.5, 0.6) is 0 Å². The number of thioether (sulfide) groups is 1. The molecule has 0 aliphatic carbocycles. The Labute approximate surface area is 135 Å². The van der Waals surface area contributed by atoms with Crippen LogP contribution in [0.15, 0.2) is 16.3 Å². The predicted octanol–water partition coefficient (Wildman–Crippen LogP) is 3.35. The SMILES string of the molecule is CNCCC1CCN(C(=O)c2sccc2SC)CC1.Cl. The molecule has 20 heavy (non-hydrogen) atoms.